The lowest BCUT2D eigenvalue weighted by Crippen LogP contribution is -1.70. The van der Waals surface area contributed by atoms with Gasteiger partial charge in [0.05, 0.1) is 0 Å². The van der Waals surface area contributed by atoms with E-state index in [9.17, 15) is 0 Å². The van der Waals surface area contributed by atoms with Gasteiger partial charge in [-0.1, -0.05) is 44.1 Å². The van der Waals surface area contributed by atoms with E-state index in [1.807, 2.05) is 0 Å². The molecule has 0 aliphatic carbocycles. The molecule has 0 aliphatic rings. The molecule has 0 unspecified atom stereocenters. The second-order valence-corrected chi connectivity index (χ2v) is 3.21. The molecule has 0 radical (unpaired) electrons. The zero-order valence-corrected chi connectivity index (χ0v) is 8.69. The first-order valence-corrected chi connectivity index (χ1v) is 5.33. The lowest BCUT2D eigenvalue weighted by atomic mass is 10.2. The van der Waals surface area contributed by atoms with Crippen molar-refractivity contribution in [3.05, 3.63) is 24.3 Å². The molecule has 1 heteroatoms. The summed E-state index contributed by atoms with van der Waals surface area (Å²) >= 11 is 5.53. The molecule has 0 aliphatic heterocycles. The van der Waals surface area contributed by atoms with E-state index in [1.165, 1.54) is 19.3 Å². The monoisotopic (exact) mass is 186 g/mol. The SMILES string of the molecule is CCCC/C=C\C=C\CCCCl. The van der Waals surface area contributed by atoms with Crippen LogP contribution in [0, 0.1) is 0 Å². The molecule has 0 bridgehead atoms. The van der Waals surface area contributed by atoms with Crippen LogP contribution in [0.2, 0.25) is 0 Å². The number of unbranched alkanes of at least 4 members (excludes halogenated alkanes) is 3. The molecule has 0 rings (SSSR count). The van der Waals surface area contributed by atoms with Crippen molar-refractivity contribution in [2.45, 2.75) is 39.0 Å². The van der Waals surface area contributed by atoms with Crippen LogP contribution < -0.4 is 0 Å². The summed E-state index contributed by atoms with van der Waals surface area (Å²) in [6, 6.07) is 0. The molecule has 0 atom stereocenters. The second-order valence-electron chi connectivity index (χ2n) is 2.83. The Bertz CT molecular complexity index is 109. The third kappa shape index (κ3) is 9.77. The maximum absolute atomic E-state index is 5.53. The van der Waals surface area contributed by atoms with Crippen LogP contribution in [0.15, 0.2) is 24.3 Å². The van der Waals surface area contributed by atoms with Gasteiger partial charge < -0.3 is 0 Å². The average Bonchev–Trinajstić information content (AvgIpc) is 2.10. The summed E-state index contributed by atoms with van der Waals surface area (Å²) in [6.07, 6.45) is 14.6. The van der Waals surface area contributed by atoms with Gasteiger partial charge in [-0.25, -0.2) is 0 Å². The maximum atomic E-state index is 5.53. The molecule has 0 aromatic rings. The Morgan fingerprint density at radius 1 is 1.00 bits per heavy atom. The van der Waals surface area contributed by atoms with Gasteiger partial charge in [-0.2, -0.15) is 0 Å². The summed E-state index contributed by atoms with van der Waals surface area (Å²) in [5, 5.41) is 0. The van der Waals surface area contributed by atoms with Crippen molar-refractivity contribution >= 4 is 11.6 Å². The fraction of sp³-hybridized carbons (Fsp3) is 0.636. The van der Waals surface area contributed by atoms with Crippen LogP contribution in [0.5, 0.6) is 0 Å². The van der Waals surface area contributed by atoms with Crippen LogP contribution in [0.25, 0.3) is 0 Å². The van der Waals surface area contributed by atoms with Crippen molar-refractivity contribution in [2.75, 3.05) is 5.88 Å². The van der Waals surface area contributed by atoms with Gasteiger partial charge in [-0.05, 0) is 19.3 Å². The van der Waals surface area contributed by atoms with E-state index in [2.05, 4.69) is 31.2 Å². The zero-order valence-electron chi connectivity index (χ0n) is 7.93. The molecule has 0 saturated carbocycles. The Kier molecular flexibility index (Phi) is 10.6. The van der Waals surface area contributed by atoms with E-state index in [0.717, 1.165) is 18.7 Å². The van der Waals surface area contributed by atoms with Crippen molar-refractivity contribution in [1.82, 2.24) is 0 Å². The number of hydrogen-bond donors (Lipinski definition) is 0. The van der Waals surface area contributed by atoms with Crippen LogP contribution in [0.1, 0.15) is 39.0 Å². The molecule has 70 valence electrons. The zero-order chi connectivity index (χ0) is 9.07. The summed E-state index contributed by atoms with van der Waals surface area (Å²) < 4.78 is 0. The molecule has 0 heterocycles. The molecule has 0 nitrogen and oxygen atoms in total. The van der Waals surface area contributed by atoms with E-state index < -0.39 is 0 Å². The first-order chi connectivity index (χ1) is 5.91. The number of halogens is 1. The lowest BCUT2D eigenvalue weighted by molar-refractivity contribution is 0.815. The van der Waals surface area contributed by atoms with Crippen LogP contribution >= 0.6 is 11.6 Å². The highest BCUT2D eigenvalue weighted by molar-refractivity contribution is 6.17. The number of alkyl halides is 1. The third-order valence-corrected chi connectivity index (χ3v) is 1.88. The summed E-state index contributed by atoms with van der Waals surface area (Å²) in [6.45, 7) is 2.21. The van der Waals surface area contributed by atoms with E-state index in [-0.39, 0.29) is 0 Å². The van der Waals surface area contributed by atoms with Gasteiger partial charge >= 0.3 is 0 Å². The van der Waals surface area contributed by atoms with Crippen molar-refractivity contribution in [3.8, 4) is 0 Å². The van der Waals surface area contributed by atoms with Gasteiger partial charge in [0.2, 0.25) is 0 Å². The first kappa shape index (κ1) is 11.8. The summed E-state index contributed by atoms with van der Waals surface area (Å²) in [5.74, 6) is 0.768. The van der Waals surface area contributed by atoms with E-state index in [0.29, 0.717) is 0 Å². The highest BCUT2D eigenvalue weighted by Gasteiger charge is 1.77. The van der Waals surface area contributed by atoms with E-state index >= 15 is 0 Å². The molecule has 0 spiro atoms. The summed E-state index contributed by atoms with van der Waals surface area (Å²) in [4.78, 5) is 0. The van der Waals surface area contributed by atoms with Crippen molar-refractivity contribution < 1.29 is 0 Å². The predicted octanol–water partition coefficient (Wildman–Crippen LogP) is 4.31. The molecule has 0 saturated heterocycles. The third-order valence-electron chi connectivity index (χ3n) is 1.61. The largest absolute Gasteiger partial charge is 0.127 e. The molecule has 0 aromatic carbocycles. The van der Waals surface area contributed by atoms with Gasteiger partial charge in [0.1, 0.15) is 0 Å². The van der Waals surface area contributed by atoms with E-state index in [1.54, 1.807) is 0 Å². The summed E-state index contributed by atoms with van der Waals surface area (Å²) in [5.41, 5.74) is 0. The molecule has 12 heavy (non-hydrogen) atoms. The molecule has 0 amide bonds. The van der Waals surface area contributed by atoms with Gasteiger partial charge in [0.15, 0.2) is 0 Å². The Morgan fingerprint density at radius 3 is 2.08 bits per heavy atom. The van der Waals surface area contributed by atoms with Gasteiger partial charge in [-0.3, -0.25) is 0 Å². The minimum atomic E-state index is 0.768. The lowest BCUT2D eigenvalue weighted by Gasteiger charge is -1.86. The molecule has 0 N–H and O–H groups in total. The second kappa shape index (κ2) is 10.8. The van der Waals surface area contributed by atoms with Gasteiger partial charge in [0, 0.05) is 5.88 Å². The van der Waals surface area contributed by atoms with Crippen molar-refractivity contribution in [2.24, 2.45) is 0 Å². The van der Waals surface area contributed by atoms with Crippen molar-refractivity contribution in [1.29, 1.82) is 0 Å². The predicted molar refractivity (Wildman–Crippen MR) is 57.8 cm³/mol. The maximum Gasteiger partial charge on any atom is 0.0226 e. The van der Waals surface area contributed by atoms with Crippen LogP contribution in [-0.4, -0.2) is 5.88 Å². The fourth-order valence-corrected chi connectivity index (χ4v) is 1.02. The Balaban J connectivity index is 3.15. The summed E-state index contributed by atoms with van der Waals surface area (Å²) in [7, 11) is 0. The highest BCUT2D eigenvalue weighted by Crippen LogP contribution is 1.96. The minimum absolute atomic E-state index is 0.768. The van der Waals surface area contributed by atoms with E-state index in [4.69, 9.17) is 11.6 Å². The Labute approximate surface area is 81.3 Å². The number of allylic oxidation sites excluding steroid dienone is 4. The highest BCUT2D eigenvalue weighted by atomic mass is 35.5. The van der Waals surface area contributed by atoms with Crippen LogP contribution in [0.4, 0.5) is 0 Å². The molecule has 0 fully saturated rings. The van der Waals surface area contributed by atoms with Crippen LogP contribution in [0.3, 0.4) is 0 Å². The molecule has 0 aromatic heterocycles. The van der Waals surface area contributed by atoms with Crippen LogP contribution in [-0.2, 0) is 0 Å². The molecular formula is C11H19Cl. The number of rotatable bonds is 7. The average molecular weight is 187 g/mol. The Hall–Kier alpha value is -0.230. The quantitative estimate of drug-likeness (QED) is 0.316. The minimum Gasteiger partial charge on any atom is -0.127 e. The topological polar surface area (TPSA) is 0 Å². The number of hydrogen-bond acceptors (Lipinski definition) is 0. The normalized spacial score (nSPS) is 11.8. The Morgan fingerprint density at radius 2 is 1.58 bits per heavy atom. The standard InChI is InChI=1S/C11H19Cl/c1-2-3-4-5-6-7-8-9-10-11-12/h5-8H,2-4,9-11H2,1H3/b6-5-,8-7+. The smallest absolute Gasteiger partial charge is 0.0226 e. The van der Waals surface area contributed by atoms with Gasteiger partial charge in [-0.15, -0.1) is 11.6 Å². The van der Waals surface area contributed by atoms with Crippen molar-refractivity contribution in [3.63, 3.8) is 0 Å². The molecular weight excluding hydrogens is 168 g/mol. The fourth-order valence-electron chi connectivity index (χ4n) is 0.867. The van der Waals surface area contributed by atoms with Gasteiger partial charge in [0.25, 0.3) is 0 Å². The first-order valence-electron chi connectivity index (χ1n) is 4.79.